The standard InChI is InChI=1S/C13H14N4O/c1-10-7-13(15-9-14-10)17-16-8-11-3-5-12(18-2)6-4-11/h3-9H,1-2H3,(H,14,15,17)/b16-8+. The maximum absolute atomic E-state index is 5.08. The highest BCUT2D eigenvalue weighted by molar-refractivity contribution is 5.80. The van der Waals surface area contributed by atoms with E-state index in [0.717, 1.165) is 17.0 Å². The summed E-state index contributed by atoms with van der Waals surface area (Å²) < 4.78 is 5.08. The fourth-order valence-electron chi connectivity index (χ4n) is 1.38. The molecular weight excluding hydrogens is 228 g/mol. The zero-order valence-electron chi connectivity index (χ0n) is 10.3. The van der Waals surface area contributed by atoms with Crippen LogP contribution in [0, 0.1) is 6.92 Å². The summed E-state index contributed by atoms with van der Waals surface area (Å²) in [4.78, 5) is 8.05. The van der Waals surface area contributed by atoms with E-state index in [4.69, 9.17) is 4.74 Å². The molecule has 0 unspecified atom stereocenters. The Morgan fingerprint density at radius 3 is 2.67 bits per heavy atom. The monoisotopic (exact) mass is 242 g/mol. The SMILES string of the molecule is COc1ccc(/C=N/Nc2cc(C)ncn2)cc1. The Morgan fingerprint density at radius 2 is 2.00 bits per heavy atom. The van der Waals surface area contributed by atoms with Crippen molar-refractivity contribution in [2.45, 2.75) is 6.92 Å². The van der Waals surface area contributed by atoms with Gasteiger partial charge in [-0.15, -0.1) is 0 Å². The Balaban J connectivity index is 1.98. The molecule has 5 heteroatoms. The first-order chi connectivity index (χ1) is 8.78. The van der Waals surface area contributed by atoms with E-state index in [1.54, 1.807) is 13.3 Å². The lowest BCUT2D eigenvalue weighted by molar-refractivity contribution is 0.415. The van der Waals surface area contributed by atoms with Crippen LogP contribution in [0.25, 0.3) is 0 Å². The molecule has 2 rings (SSSR count). The molecule has 92 valence electrons. The Bertz CT molecular complexity index is 537. The Morgan fingerprint density at radius 1 is 1.22 bits per heavy atom. The van der Waals surface area contributed by atoms with Crippen molar-refractivity contribution < 1.29 is 4.74 Å². The zero-order chi connectivity index (χ0) is 12.8. The highest BCUT2D eigenvalue weighted by atomic mass is 16.5. The van der Waals surface area contributed by atoms with Crippen molar-refractivity contribution >= 4 is 12.0 Å². The molecule has 2 aromatic rings. The summed E-state index contributed by atoms with van der Waals surface area (Å²) in [5.41, 5.74) is 4.73. The molecule has 0 amide bonds. The lowest BCUT2D eigenvalue weighted by Gasteiger charge is -2.00. The molecule has 0 saturated carbocycles. The molecule has 18 heavy (non-hydrogen) atoms. The minimum atomic E-state index is 0.673. The Labute approximate surface area is 106 Å². The highest BCUT2D eigenvalue weighted by Crippen LogP contribution is 2.10. The maximum atomic E-state index is 5.08. The van der Waals surface area contributed by atoms with Crippen molar-refractivity contribution in [3.05, 3.63) is 47.9 Å². The number of nitrogens with zero attached hydrogens (tertiary/aromatic N) is 3. The van der Waals surface area contributed by atoms with Crippen molar-refractivity contribution in [2.75, 3.05) is 12.5 Å². The van der Waals surface area contributed by atoms with Gasteiger partial charge in [0.2, 0.25) is 0 Å². The van der Waals surface area contributed by atoms with E-state index in [-0.39, 0.29) is 0 Å². The van der Waals surface area contributed by atoms with Gasteiger partial charge in [0.1, 0.15) is 17.9 Å². The largest absolute Gasteiger partial charge is 0.497 e. The number of nitrogens with one attached hydrogen (secondary N) is 1. The van der Waals surface area contributed by atoms with E-state index in [2.05, 4.69) is 20.5 Å². The summed E-state index contributed by atoms with van der Waals surface area (Å²) >= 11 is 0. The molecule has 0 aliphatic carbocycles. The average Bonchev–Trinajstić information content (AvgIpc) is 2.40. The third kappa shape index (κ3) is 3.28. The van der Waals surface area contributed by atoms with Gasteiger partial charge in [-0.3, -0.25) is 5.43 Å². The number of rotatable bonds is 4. The van der Waals surface area contributed by atoms with E-state index in [1.165, 1.54) is 6.33 Å². The molecule has 1 aromatic carbocycles. The van der Waals surface area contributed by atoms with Crippen LogP contribution in [0.15, 0.2) is 41.8 Å². The molecule has 1 heterocycles. The second kappa shape index (κ2) is 5.77. The van der Waals surface area contributed by atoms with Crippen LogP contribution in [0.2, 0.25) is 0 Å². The summed E-state index contributed by atoms with van der Waals surface area (Å²) in [6.45, 7) is 1.90. The number of aryl methyl sites for hydroxylation is 1. The van der Waals surface area contributed by atoms with Crippen LogP contribution >= 0.6 is 0 Å². The van der Waals surface area contributed by atoms with Crippen molar-refractivity contribution in [3.8, 4) is 5.75 Å². The molecule has 0 bridgehead atoms. The maximum Gasteiger partial charge on any atom is 0.149 e. The number of methoxy groups -OCH3 is 1. The molecule has 0 atom stereocenters. The molecule has 0 saturated heterocycles. The van der Waals surface area contributed by atoms with Crippen LogP contribution in [0.3, 0.4) is 0 Å². The first kappa shape index (κ1) is 12.0. The summed E-state index contributed by atoms with van der Waals surface area (Å²) in [5, 5.41) is 4.10. The van der Waals surface area contributed by atoms with Crippen molar-refractivity contribution in [2.24, 2.45) is 5.10 Å². The quantitative estimate of drug-likeness (QED) is 0.659. The molecule has 1 aromatic heterocycles. The van der Waals surface area contributed by atoms with Crippen molar-refractivity contribution in [1.82, 2.24) is 9.97 Å². The van der Waals surface area contributed by atoms with Crippen LogP contribution in [-0.4, -0.2) is 23.3 Å². The Kier molecular flexibility index (Phi) is 3.86. The van der Waals surface area contributed by atoms with Crippen LogP contribution in [0.5, 0.6) is 5.75 Å². The lowest BCUT2D eigenvalue weighted by atomic mass is 10.2. The normalized spacial score (nSPS) is 10.6. The summed E-state index contributed by atoms with van der Waals surface area (Å²) in [5.74, 6) is 1.50. The predicted octanol–water partition coefficient (Wildman–Crippen LogP) is 2.24. The van der Waals surface area contributed by atoms with E-state index in [9.17, 15) is 0 Å². The number of hydrazone groups is 1. The fourth-order valence-corrected chi connectivity index (χ4v) is 1.38. The van der Waals surface area contributed by atoms with Crippen LogP contribution in [0.4, 0.5) is 5.82 Å². The molecule has 0 spiro atoms. The van der Waals surface area contributed by atoms with Gasteiger partial charge in [-0.25, -0.2) is 9.97 Å². The lowest BCUT2D eigenvalue weighted by Crippen LogP contribution is -1.95. The summed E-state index contributed by atoms with van der Waals surface area (Å²) in [6.07, 6.45) is 3.22. The topological polar surface area (TPSA) is 59.4 Å². The van der Waals surface area contributed by atoms with Gasteiger partial charge in [0.25, 0.3) is 0 Å². The Hall–Kier alpha value is -2.43. The number of anilines is 1. The van der Waals surface area contributed by atoms with Gasteiger partial charge in [-0.1, -0.05) is 0 Å². The molecule has 0 aliphatic heterocycles. The van der Waals surface area contributed by atoms with E-state index < -0.39 is 0 Å². The highest BCUT2D eigenvalue weighted by Gasteiger charge is 1.93. The van der Waals surface area contributed by atoms with Gasteiger partial charge >= 0.3 is 0 Å². The first-order valence-corrected chi connectivity index (χ1v) is 5.50. The third-order valence-corrected chi connectivity index (χ3v) is 2.31. The third-order valence-electron chi connectivity index (χ3n) is 2.31. The van der Waals surface area contributed by atoms with Gasteiger partial charge in [0, 0.05) is 11.8 Å². The van der Waals surface area contributed by atoms with Crippen molar-refractivity contribution in [3.63, 3.8) is 0 Å². The zero-order valence-corrected chi connectivity index (χ0v) is 10.3. The van der Waals surface area contributed by atoms with Gasteiger partial charge in [0.05, 0.1) is 13.3 Å². The molecule has 0 aliphatic rings. The number of hydrogen-bond acceptors (Lipinski definition) is 5. The molecule has 0 fully saturated rings. The smallest absolute Gasteiger partial charge is 0.149 e. The van der Waals surface area contributed by atoms with Gasteiger partial charge < -0.3 is 4.74 Å². The first-order valence-electron chi connectivity index (χ1n) is 5.50. The second-order valence-corrected chi connectivity index (χ2v) is 3.69. The number of hydrogen-bond donors (Lipinski definition) is 1. The molecule has 1 N–H and O–H groups in total. The van der Waals surface area contributed by atoms with Crippen LogP contribution < -0.4 is 10.2 Å². The second-order valence-electron chi connectivity index (χ2n) is 3.69. The van der Waals surface area contributed by atoms with E-state index >= 15 is 0 Å². The van der Waals surface area contributed by atoms with Crippen LogP contribution in [-0.2, 0) is 0 Å². The molecule has 0 radical (unpaired) electrons. The van der Waals surface area contributed by atoms with Crippen LogP contribution in [0.1, 0.15) is 11.3 Å². The summed E-state index contributed by atoms with van der Waals surface area (Å²) in [6, 6.07) is 9.45. The van der Waals surface area contributed by atoms with E-state index in [1.807, 2.05) is 37.3 Å². The van der Waals surface area contributed by atoms with Gasteiger partial charge in [-0.2, -0.15) is 5.10 Å². The number of aromatic nitrogens is 2. The summed E-state index contributed by atoms with van der Waals surface area (Å²) in [7, 11) is 1.64. The fraction of sp³-hybridized carbons (Fsp3) is 0.154. The molecular formula is C13H14N4O. The average molecular weight is 242 g/mol. The minimum Gasteiger partial charge on any atom is -0.497 e. The van der Waals surface area contributed by atoms with E-state index in [0.29, 0.717) is 5.82 Å². The van der Waals surface area contributed by atoms with Gasteiger partial charge in [-0.05, 0) is 36.8 Å². The van der Waals surface area contributed by atoms with Crippen molar-refractivity contribution in [1.29, 1.82) is 0 Å². The number of ether oxygens (including phenoxy) is 1. The van der Waals surface area contributed by atoms with Gasteiger partial charge in [0.15, 0.2) is 0 Å². The number of benzene rings is 1. The molecule has 5 nitrogen and oxygen atoms in total. The predicted molar refractivity (Wildman–Crippen MR) is 71.0 cm³/mol. The minimum absolute atomic E-state index is 0.673.